The molecule has 2 heterocycles. The maximum Gasteiger partial charge on any atom is 0.131 e. The zero-order chi connectivity index (χ0) is 9.26. The molecule has 0 saturated carbocycles. The van der Waals surface area contributed by atoms with Crippen molar-refractivity contribution in [3.8, 4) is 0 Å². The molecule has 1 saturated heterocycles. The number of aliphatic hydroxyl groups excluding tert-OH is 1. The van der Waals surface area contributed by atoms with Gasteiger partial charge in [0.15, 0.2) is 0 Å². The number of hydrogen-bond donors (Lipinski definition) is 1. The average molecular weight is 179 g/mol. The molecule has 2 atom stereocenters. The van der Waals surface area contributed by atoms with E-state index in [0.717, 1.165) is 12.4 Å². The normalized spacial score (nSPS) is 28.0. The number of rotatable bonds is 1. The van der Waals surface area contributed by atoms with Crippen LogP contribution >= 0.6 is 0 Å². The molecule has 70 valence electrons. The van der Waals surface area contributed by atoms with Crippen LogP contribution in [0.1, 0.15) is 6.92 Å². The fraction of sp³-hybridized carbons (Fsp3) is 0.556. The molecule has 1 fully saturated rings. The molecule has 0 aliphatic carbocycles. The van der Waals surface area contributed by atoms with E-state index in [0.29, 0.717) is 12.5 Å². The maximum absolute atomic E-state index is 9.54. The first-order valence-electron chi connectivity index (χ1n) is 4.46. The molecule has 2 rings (SSSR count). The lowest BCUT2D eigenvalue weighted by Gasteiger charge is -2.15. The van der Waals surface area contributed by atoms with Crippen LogP contribution < -0.4 is 4.90 Å². The van der Waals surface area contributed by atoms with Crippen molar-refractivity contribution in [2.24, 2.45) is 5.92 Å². The predicted octanol–water partition coefficient (Wildman–Crippen LogP) is 0.294. The number of aromatic nitrogens is 2. The first-order chi connectivity index (χ1) is 6.27. The van der Waals surface area contributed by atoms with Crippen molar-refractivity contribution in [1.29, 1.82) is 0 Å². The van der Waals surface area contributed by atoms with Gasteiger partial charge in [0, 0.05) is 25.2 Å². The lowest BCUT2D eigenvalue weighted by molar-refractivity contribution is 0.157. The molecule has 4 heteroatoms. The van der Waals surface area contributed by atoms with E-state index in [2.05, 4.69) is 14.9 Å². The van der Waals surface area contributed by atoms with Crippen molar-refractivity contribution in [3.05, 3.63) is 18.6 Å². The van der Waals surface area contributed by atoms with Gasteiger partial charge in [0.2, 0.25) is 0 Å². The minimum atomic E-state index is -0.227. The quantitative estimate of drug-likeness (QED) is 0.673. The molecule has 2 unspecified atom stereocenters. The van der Waals surface area contributed by atoms with E-state index in [1.165, 1.54) is 6.33 Å². The summed E-state index contributed by atoms with van der Waals surface area (Å²) in [7, 11) is 0. The van der Waals surface area contributed by atoms with Crippen molar-refractivity contribution in [2.45, 2.75) is 13.0 Å². The smallest absolute Gasteiger partial charge is 0.131 e. The Hall–Kier alpha value is -1.16. The predicted molar refractivity (Wildman–Crippen MR) is 49.4 cm³/mol. The molecule has 0 spiro atoms. The number of nitrogens with zero attached hydrogens (tertiary/aromatic N) is 3. The summed E-state index contributed by atoms with van der Waals surface area (Å²) in [5, 5.41) is 9.54. The van der Waals surface area contributed by atoms with Gasteiger partial charge in [-0.05, 0) is 6.07 Å². The van der Waals surface area contributed by atoms with E-state index < -0.39 is 0 Å². The van der Waals surface area contributed by atoms with Gasteiger partial charge in [-0.1, -0.05) is 6.92 Å². The van der Waals surface area contributed by atoms with E-state index in [4.69, 9.17) is 0 Å². The van der Waals surface area contributed by atoms with Crippen LogP contribution in [0.25, 0.3) is 0 Å². The molecule has 1 aliphatic rings. The molecule has 0 bridgehead atoms. The summed E-state index contributed by atoms with van der Waals surface area (Å²) in [6.45, 7) is 3.60. The molecule has 1 aliphatic heterocycles. The molecular formula is C9H13N3O. The summed E-state index contributed by atoms with van der Waals surface area (Å²) < 4.78 is 0. The van der Waals surface area contributed by atoms with Crippen LogP contribution in [0.5, 0.6) is 0 Å². The SMILES string of the molecule is CC1CN(c2ccncn2)CC1O. The molecule has 1 aromatic heterocycles. The van der Waals surface area contributed by atoms with E-state index in [1.807, 2.05) is 13.0 Å². The Kier molecular flexibility index (Phi) is 2.14. The topological polar surface area (TPSA) is 49.2 Å². The number of hydrogen-bond acceptors (Lipinski definition) is 4. The molecule has 1 aromatic rings. The third-order valence-electron chi connectivity index (χ3n) is 2.46. The van der Waals surface area contributed by atoms with Crippen molar-refractivity contribution >= 4 is 5.82 Å². The second-order valence-corrected chi connectivity index (χ2v) is 3.52. The molecular weight excluding hydrogens is 166 g/mol. The van der Waals surface area contributed by atoms with Gasteiger partial charge in [-0.2, -0.15) is 0 Å². The summed E-state index contributed by atoms with van der Waals surface area (Å²) in [6.07, 6.45) is 3.03. The number of β-amino-alcohol motifs (C(OH)–C–C–N with tert-alkyl or cyclic N) is 1. The molecule has 4 nitrogen and oxygen atoms in total. The number of aliphatic hydroxyl groups is 1. The highest BCUT2D eigenvalue weighted by molar-refractivity contribution is 5.38. The highest BCUT2D eigenvalue weighted by atomic mass is 16.3. The highest BCUT2D eigenvalue weighted by Gasteiger charge is 2.28. The van der Waals surface area contributed by atoms with Gasteiger partial charge in [-0.25, -0.2) is 9.97 Å². The average Bonchev–Trinajstić information content (AvgIpc) is 2.49. The standard InChI is InChI=1S/C9H13N3O/c1-7-4-12(5-8(7)13)9-2-3-10-6-11-9/h2-3,6-8,13H,4-5H2,1H3. The minimum Gasteiger partial charge on any atom is -0.391 e. The summed E-state index contributed by atoms with van der Waals surface area (Å²) in [4.78, 5) is 10.1. The van der Waals surface area contributed by atoms with Crippen molar-refractivity contribution in [3.63, 3.8) is 0 Å². The van der Waals surface area contributed by atoms with Crippen LogP contribution in [0, 0.1) is 5.92 Å². The third-order valence-corrected chi connectivity index (χ3v) is 2.46. The van der Waals surface area contributed by atoms with Crippen LogP contribution in [0.3, 0.4) is 0 Å². The third kappa shape index (κ3) is 1.62. The summed E-state index contributed by atoms with van der Waals surface area (Å²) >= 11 is 0. The van der Waals surface area contributed by atoms with Gasteiger partial charge in [-0.15, -0.1) is 0 Å². The van der Waals surface area contributed by atoms with Crippen LogP contribution in [0.4, 0.5) is 5.82 Å². The van der Waals surface area contributed by atoms with Crippen molar-refractivity contribution in [1.82, 2.24) is 9.97 Å². The lowest BCUT2D eigenvalue weighted by atomic mass is 10.1. The second kappa shape index (κ2) is 3.30. The van der Waals surface area contributed by atoms with Gasteiger partial charge in [0.25, 0.3) is 0 Å². The van der Waals surface area contributed by atoms with Crippen LogP contribution in [-0.2, 0) is 0 Å². The van der Waals surface area contributed by atoms with Gasteiger partial charge < -0.3 is 10.0 Å². The Morgan fingerprint density at radius 1 is 1.54 bits per heavy atom. The minimum absolute atomic E-state index is 0.227. The Balaban J connectivity index is 2.12. The van der Waals surface area contributed by atoms with Gasteiger partial charge in [-0.3, -0.25) is 0 Å². The molecule has 13 heavy (non-hydrogen) atoms. The van der Waals surface area contributed by atoms with Crippen LogP contribution in [-0.4, -0.2) is 34.3 Å². The zero-order valence-corrected chi connectivity index (χ0v) is 7.59. The van der Waals surface area contributed by atoms with Gasteiger partial charge >= 0.3 is 0 Å². The first kappa shape index (κ1) is 8.44. The Labute approximate surface area is 77.2 Å². The van der Waals surface area contributed by atoms with Gasteiger partial charge in [0.1, 0.15) is 12.1 Å². The Bertz CT molecular complexity index is 267. The summed E-state index contributed by atoms with van der Waals surface area (Å²) in [6, 6.07) is 1.87. The number of anilines is 1. The fourth-order valence-electron chi connectivity index (χ4n) is 1.61. The molecule has 0 amide bonds. The Morgan fingerprint density at radius 3 is 2.92 bits per heavy atom. The molecule has 0 aromatic carbocycles. The van der Waals surface area contributed by atoms with Gasteiger partial charge in [0.05, 0.1) is 6.10 Å². The maximum atomic E-state index is 9.54. The molecule has 0 radical (unpaired) electrons. The summed E-state index contributed by atoms with van der Waals surface area (Å²) in [5.41, 5.74) is 0. The second-order valence-electron chi connectivity index (χ2n) is 3.52. The van der Waals surface area contributed by atoms with Crippen LogP contribution in [0.15, 0.2) is 18.6 Å². The Morgan fingerprint density at radius 2 is 2.38 bits per heavy atom. The highest BCUT2D eigenvalue weighted by Crippen LogP contribution is 2.20. The van der Waals surface area contributed by atoms with E-state index in [9.17, 15) is 5.11 Å². The van der Waals surface area contributed by atoms with Crippen LogP contribution in [0.2, 0.25) is 0 Å². The summed E-state index contributed by atoms with van der Waals surface area (Å²) in [5.74, 6) is 1.23. The first-order valence-corrected chi connectivity index (χ1v) is 4.46. The lowest BCUT2D eigenvalue weighted by Crippen LogP contribution is -2.21. The zero-order valence-electron chi connectivity index (χ0n) is 7.59. The van der Waals surface area contributed by atoms with E-state index in [1.54, 1.807) is 6.20 Å². The fourth-order valence-corrected chi connectivity index (χ4v) is 1.61. The van der Waals surface area contributed by atoms with E-state index in [-0.39, 0.29) is 6.10 Å². The van der Waals surface area contributed by atoms with Crippen molar-refractivity contribution in [2.75, 3.05) is 18.0 Å². The largest absolute Gasteiger partial charge is 0.391 e. The monoisotopic (exact) mass is 179 g/mol. The molecule has 1 N–H and O–H groups in total. The van der Waals surface area contributed by atoms with E-state index >= 15 is 0 Å². The van der Waals surface area contributed by atoms with Crippen molar-refractivity contribution < 1.29 is 5.11 Å².